The van der Waals surface area contributed by atoms with Crippen LogP contribution in [-0.2, 0) is 11.2 Å². The number of rotatable bonds is 3. The van der Waals surface area contributed by atoms with Crippen LogP contribution in [0.25, 0.3) is 21.3 Å². The summed E-state index contributed by atoms with van der Waals surface area (Å²) >= 11 is 1.68. The summed E-state index contributed by atoms with van der Waals surface area (Å²) in [5.74, 6) is 0. The molecule has 0 spiro atoms. The maximum Gasteiger partial charge on any atom is 0.124 e. The standard InChI is InChI=1S/C17H16N2OS/c1-10-9-15-16(12-3-5-13(18)6-4-12)14(7-8-20)11(2)19-17(15)21-10/h3-6,8-9H,7,18H2,1-2H3. The Balaban J connectivity index is 2.37. The number of aromatic nitrogens is 1. The fourth-order valence-corrected chi connectivity index (χ4v) is 3.58. The first kappa shape index (κ1) is 13.8. The number of thiophene rings is 1. The summed E-state index contributed by atoms with van der Waals surface area (Å²) in [6.45, 7) is 4.04. The summed E-state index contributed by atoms with van der Waals surface area (Å²) in [4.78, 5) is 18.0. The van der Waals surface area contributed by atoms with E-state index in [2.05, 4.69) is 18.0 Å². The lowest BCUT2D eigenvalue weighted by atomic mass is 9.94. The molecule has 0 aliphatic rings. The molecule has 2 heterocycles. The quantitative estimate of drug-likeness (QED) is 0.589. The molecule has 0 saturated heterocycles. The Labute approximate surface area is 127 Å². The van der Waals surface area contributed by atoms with Gasteiger partial charge in [-0.05, 0) is 48.7 Å². The van der Waals surface area contributed by atoms with Crippen LogP contribution in [0.2, 0.25) is 0 Å². The monoisotopic (exact) mass is 296 g/mol. The Kier molecular flexibility index (Phi) is 3.47. The first-order valence-electron chi connectivity index (χ1n) is 6.79. The number of aryl methyl sites for hydroxylation is 2. The van der Waals surface area contributed by atoms with Gasteiger partial charge >= 0.3 is 0 Å². The van der Waals surface area contributed by atoms with Crippen LogP contribution in [0.15, 0.2) is 30.3 Å². The van der Waals surface area contributed by atoms with E-state index in [9.17, 15) is 4.79 Å². The van der Waals surface area contributed by atoms with Crippen molar-refractivity contribution in [2.75, 3.05) is 5.73 Å². The zero-order valence-corrected chi connectivity index (χ0v) is 12.8. The van der Waals surface area contributed by atoms with Crippen molar-refractivity contribution in [3.8, 4) is 11.1 Å². The predicted octanol–water partition coefficient (Wildman–Crippen LogP) is 3.90. The molecule has 2 N–H and O–H groups in total. The highest BCUT2D eigenvalue weighted by Crippen LogP contribution is 2.37. The second kappa shape index (κ2) is 5.30. The molecule has 0 bridgehead atoms. The van der Waals surface area contributed by atoms with Gasteiger partial charge in [-0.15, -0.1) is 11.3 Å². The molecule has 0 aliphatic carbocycles. The minimum absolute atomic E-state index is 0.378. The first-order chi connectivity index (χ1) is 10.1. The maximum absolute atomic E-state index is 11.1. The minimum atomic E-state index is 0.378. The van der Waals surface area contributed by atoms with E-state index >= 15 is 0 Å². The van der Waals surface area contributed by atoms with E-state index in [4.69, 9.17) is 5.73 Å². The molecule has 0 fully saturated rings. The van der Waals surface area contributed by atoms with E-state index in [1.807, 2.05) is 31.2 Å². The largest absolute Gasteiger partial charge is 0.399 e. The lowest BCUT2D eigenvalue weighted by Crippen LogP contribution is -1.99. The van der Waals surface area contributed by atoms with Crippen LogP contribution in [-0.4, -0.2) is 11.3 Å². The summed E-state index contributed by atoms with van der Waals surface area (Å²) in [7, 11) is 0. The SMILES string of the molecule is Cc1cc2c(-c3ccc(N)cc3)c(CC=O)c(C)nc2s1. The molecule has 3 rings (SSSR count). The van der Waals surface area contributed by atoms with Crippen LogP contribution in [0.4, 0.5) is 5.69 Å². The summed E-state index contributed by atoms with van der Waals surface area (Å²) in [6.07, 6.45) is 1.32. The molecule has 3 nitrogen and oxygen atoms in total. The van der Waals surface area contributed by atoms with Gasteiger partial charge in [-0.1, -0.05) is 12.1 Å². The van der Waals surface area contributed by atoms with Crippen molar-refractivity contribution in [1.29, 1.82) is 0 Å². The number of benzene rings is 1. The summed E-state index contributed by atoms with van der Waals surface area (Å²) in [5.41, 5.74) is 10.6. The van der Waals surface area contributed by atoms with Gasteiger partial charge in [-0.3, -0.25) is 0 Å². The van der Waals surface area contributed by atoms with E-state index in [-0.39, 0.29) is 0 Å². The third kappa shape index (κ3) is 2.43. The average molecular weight is 296 g/mol. The highest BCUT2D eigenvalue weighted by Gasteiger charge is 2.15. The van der Waals surface area contributed by atoms with Crippen molar-refractivity contribution in [3.05, 3.63) is 46.5 Å². The van der Waals surface area contributed by atoms with Crippen molar-refractivity contribution < 1.29 is 4.79 Å². The number of fused-ring (bicyclic) bond motifs is 1. The normalized spacial score (nSPS) is 11.0. The highest BCUT2D eigenvalue weighted by molar-refractivity contribution is 7.18. The molecule has 21 heavy (non-hydrogen) atoms. The minimum Gasteiger partial charge on any atom is -0.399 e. The molecular formula is C17H16N2OS. The molecule has 106 valence electrons. The van der Waals surface area contributed by atoms with Gasteiger partial charge in [0.15, 0.2) is 0 Å². The van der Waals surface area contributed by atoms with E-state index in [1.54, 1.807) is 11.3 Å². The van der Waals surface area contributed by atoms with E-state index in [1.165, 1.54) is 4.88 Å². The topological polar surface area (TPSA) is 56.0 Å². The smallest absolute Gasteiger partial charge is 0.124 e. The van der Waals surface area contributed by atoms with Crippen LogP contribution in [0.5, 0.6) is 0 Å². The van der Waals surface area contributed by atoms with Crippen molar-refractivity contribution >= 4 is 33.5 Å². The fourth-order valence-electron chi connectivity index (χ4n) is 2.64. The Bertz CT molecular complexity index is 819. The Morgan fingerprint density at radius 3 is 2.62 bits per heavy atom. The van der Waals surface area contributed by atoms with Crippen molar-refractivity contribution in [1.82, 2.24) is 4.98 Å². The lowest BCUT2D eigenvalue weighted by Gasteiger charge is -2.12. The van der Waals surface area contributed by atoms with Crippen molar-refractivity contribution in [2.24, 2.45) is 0 Å². The molecule has 0 aliphatic heterocycles. The van der Waals surface area contributed by atoms with Crippen molar-refractivity contribution in [2.45, 2.75) is 20.3 Å². The summed E-state index contributed by atoms with van der Waals surface area (Å²) in [6, 6.07) is 9.93. The van der Waals surface area contributed by atoms with Crippen LogP contribution in [0.3, 0.4) is 0 Å². The molecule has 4 heteroatoms. The number of hydrogen-bond acceptors (Lipinski definition) is 4. The number of carbonyl (C=O) groups excluding carboxylic acids is 1. The maximum atomic E-state index is 11.1. The van der Waals surface area contributed by atoms with Crippen LogP contribution < -0.4 is 5.73 Å². The van der Waals surface area contributed by atoms with Crippen LogP contribution in [0.1, 0.15) is 16.1 Å². The number of pyridine rings is 1. The Morgan fingerprint density at radius 2 is 1.95 bits per heavy atom. The van der Waals surface area contributed by atoms with E-state index in [0.717, 1.165) is 44.6 Å². The third-order valence-corrected chi connectivity index (χ3v) is 4.54. The van der Waals surface area contributed by atoms with Gasteiger partial charge in [0.1, 0.15) is 11.1 Å². The van der Waals surface area contributed by atoms with E-state index < -0.39 is 0 Å². The molecule has 0 amide bonds. The second-order valence-electron chi connectivity index (χ2n) is 5.12. The number of nitrogens with zero attached hydrogens (tertiary/aromatic N) is 1. The van der Waals surface area contributed by atoms with Gasteiger partial charge in [0.05, 0.1) is 0 Å². The zero-order chi connectivity index (χ0) is 15.0. The molecule has 0 radical (unpaired) electrons. The first-order valence-corrected chi connectivity index (χ1v) is 7.61. The van der Waals surface area contributed by atoms with Gasteiger partial charge < -0.3 is 10.5 Å². The van der Waals surface area contributed by atoms with E-state index in [0.29, 0.717) is 6.42 Å². The van der Waals surface area contributed by atoms with Crippen LogP contribution >= 0.6 is 11.3 Å². The molecule has 3 aromatic rings. The number of aldehydes is 1. The lowest BCUT2D eigenvalue weighted by molar-refractivity contribution is -0.107. The molecule has 0 unspecified atom stereocenters. The Morgan fingerprint density at radius 1 is 1.24 bits per heavy atom. The molecule has 0 saturated carbocycles. The molecule has 0 atom stereocenters. The number of anilines is 1. The van der Waals surface area contributed by atoms with Crippen molar-refractivity contribution in [3.63, 3.8) is 0 Å². The zero-order valence-electron chi connectivity index (χ0n) is 12.0. The number of nitrogens with two attached hydrogens (primary N) is 1. The second-order valence-corrected chi connectivity index (χ2v) is 6.35. The molecular weight excluding hydrogens is 280 g/mol. The predicted molar refractivity (Wildman–Crippen MR) is 88.7 cm³/mol. The van der Waals surface area contributed by atoms with Crippen LogP contribution in [0, 0.1) is 13.8 Å². The van der Waals surface area contributed by atoms with Gasteiger partial charge in [0, 0.05) is 28.1 Å². The fraction of sp³-hybridized carbons (Fsp3) is 0.176. The van der Waals surface area contributed by atoms with Gasteiger partial charge in [0.25, 0.3) is 0 Å². The Hall–Kier alpha value is -2.20. The summed E-state index contributed by atoms with van der Waals surface area (Å²) in [5, 5.41) is 1.12. The average Bonchev–Trinajstić information content (AvgIpc) is 2.81. The molecule has 2 aromatic heterocycles. The summed E-state index contributed by atoms with van der Waals surface area (Å²) < 4.78 is 0. The van der Waals surface area contributed by atoms with Gasteiger partial charge in [-0.25, -0.2) is 4.98 Å². The van der Waals surface area contributed by atoms with Gasteiger partial charge in [0.2, 0.25) is 0 Å². The highest BCUT2D eigenvalue weighted by atomic mass is 32.1. The number of carbonyl (C=O) groups is 1. The van der Waals surface area contributed by atoms with Gasteiger partial charge in [-0.2, -0.15) is 0 Å². The third-order valence-electron chi connectivity index (χ3n) is 3.60. The number of hydrogen-bond donors (Lipinski definition) is 1. The number of nitrogen functional groups attached to an aromatic ring is 1. The molecule has 1 aromatic carbocycles.